The van der Waals surface area contributed by atoms with Gasteiger partial charge in [-0.25, -0.2) is 9.18 Å². The van der Waals surface area contributed by atoms with E-state index >= 15 is 0 Å². The standard InChI is InChI=1S/C14H17FN4O2S/c1-2-16-17-18(6-7-22)9-13-10-19(14(20)21-13)12-5-3-4-11(15)8-12/h3-8,13,22H,2,9-10H2,1H3/b7-6+,17-16?/t13-/m0/s1. The van der Waals surface area contributed by atoms with Crippen molar-refractivity contribution < 1.29 is 13.9 Å². The number of hydrogen-bond donors (Lipinski definition) is 1. The van der Waals surface area contributed by atoms with Crippen LogP contribution in [0.25, 0.3) is 0 Å². The quantitative estimate of drug-likeness (QED) is 0.496. The maximum Gasteiger partial charge on any atom is 0.414 e. The Hall–Kier alpha value is -2.09. The maximum absolute atomic E-state index is 13.3. The summed E-state index contributed by atoms with van der Waals surface area (Å²) in [5, 5.41) is 11.0. The van der Waals surface area contributed by atoms with Crippen molar-refractivity contribution in [3.05, 3.63) is 41.7 Å². The molecule has 1 aromatic rings. The average Bonchev–Trinajstić information content (AvgIpc) is 2.85. The van der Waals surface area contributed by atoms with Gasteiger partial charge >= 0.3 is 6.09 Å². The SMILES string of the molecule is CCN=NN(/C=C/S)C[C@H]1CN(c2cccc(F)c2)C(=O)O1. The fourth-order valence-corrected chi connectivity index (χ4v) is 2.18. The van der Waals surface area contributed by atoms with Crippen LogP contribution in [-0.2, 0) is 4.74 Å². The third-order valence-electron chi connectivity index (χ3n) is 2.94. The highest BCUT2D eigenvalue weighted by molar-refractivity contribution is 7.83. The molecule has 1 heterocycles. The van der Waals surface area contributed by atoms with Crippen molar-refractivity contribution in [2.24, 2.45) is 10.3 Å². The predicted octanol–water partition coefficient (Wildman–Crippen LogP) is 3.24. The molecule has 1 fully saturated rings. The summed E-state index contributed by atoms with van der Waals surface area (Å²) in [5.74, 6) is -0.398. The molecule has 1 aliphatic rings. The molecule has 0 radical (unpaired) electrons. The third-order valence-corrected chi connectivity index (χ3v) is 3.08. The number of hydrogen-bond acceptors (Lipinski definition) is 5. The Kier molecular flexibility index (Phi) is 5.76. The summed E-state index contributed by atoms with van der Waals surface area (Å²) in [5.41, 5.74) is 0.471. The van der Waals surface area contributed by atoms with Gasteiger partial charge in [0, 0.05) is 6.20 Å². The molecule has 1 saturated heterocycles. The largest absolute Gasteiger partial charge is 0.442 e. The minimum absolute atomic E-state index is 0.320. The van der Waals surface area contributed by atoms with Crippen molar-refractivity contribution in [1.82, 2.24) is 5.01 Å². The molecule has 0 bridgehead atoms. The number of thiol groups is 1. The molecule has 1 atom stereocenters. The van der Waals surface area contributed by atoms with Gasteiger partial charge in [-0.2, -0.15) is 5.11 Å². The number of rotatable bonds is 6. The van der Waals surface area contributed by atoms with Gasteiger partial charge in [-0.05, 0) is 30.5 Å². The van der Waals surface area contributed by atoms with Crippen LogP contribution in [0.15, 0.2) is 46.2 Å². The first kappa shape index (κ1) is 16.3. The van der Waals surface area contributed by atoms with Crippen molar-refractivity contribution >= 4 is 24.4 Å². The molecule has 0 saturated carbocycles. The van der Waals surface area contributed by atoms with Gasteiger partial charge < -0.3 is 4.74 Å². The van der Waals surface area contributed by atoms with Gasteiger partial charge in [-0.15, -0.1) is 12.6 Å². The van der Waals surface area contributed by atoms with Crippen molar-refractivity contribution in [3.63, 3.8) is 0 Å². The predicted molar refractivity (Wildman–Crippen MR) is 84.2 cm³/mol. The number of ether oxygens (including phenoxy) is 1. The van der Waals surface area contributed by atoms with Crippen LogP contribution in [0.1, 0.15) is 6.92 Å². The number of halogens is 1. The number of benzene rings is 1. The zero-order chi connectivity index (χ0) is 15.9. The molecule has 0 spiro atoms. The lowest BCUT2D eigenvalue weighted by Crippen LogP contribution is -2.29. The smallest absolute Gasteiger partial charge is 0.414 e. The number of anilines is 1. The molecule has 118 valence electrons. The normalized spacial score (nSPS) is 18.4. The molecule has 1 aliphatic heterocycles. The fraction of sp³-hybridized carbons (Fsp3) is 0.357. The highest BCUT2D eigenvalue weighted by atomic mass is 32.1. The molecule has 22 heavy (non-hydrogen) atoms. The van der Waals surface area contributed by atoms with E-state index < -0.39 is 18.0 Å². The number of nitrogens with zero attached hydrogens (tertiary/aromatic N) is 4. The van der Waals surface area contributed by atoms with Crippen molar-refractivity contribution in [2.75, 3.05) is 24.5 Å². The maximum atomic E-state index is 13.3. The number of carbonyl (C=O) groups is 1. The minimum Gasteiger partial charge on any atom is -0.442 e. The first-order valence-electron chi connectivity index (χ1n) is 6.82. The van der Waals surface area contributed by atoms with E-state index in [1.807, 2.05) is 6.92 Å². The van der Waals surface area contributed by atoms with Crippen LogP contribution in [0.5, 0.6) is 0 Å². The summed E-state index contributed by atoms with van der Waals surface area (Å²) in [7, 11) is 0. The van der Waals surface area contributed by atoms with Gasteiger partial charge in [-0.1, -0.05) is 11.3 Å². The summed E-state index contributed by atoms with van der Waals surface area (Å²) < 4.78 is 18.6. The summed E-state index contributed by atoms with van der Waals surface area (Å²) in [4.78, 5) is 13.3. The Bertz CT molecular complexity index is 582. The van der Waals surface area contributed by atoms with Crippen LogP contribution in [-0.4, -0.2) is 36.8 Å². The number of carbonyl (C=O) groups excluding carboxylic acids is 1. The first-order valence-corrected chi connectivity index (χ1v) is 7.34. The van der Waals surface area contributed by atoms with E-state index in [1.54, 1.807) is 23.3 Å². The zero-order valence-corrected chi connectivity index (χ0v) is 13.0. The van der Waals surface area contributed by atoms with Crippen LogP contribution >= 0.6 is 12.6 Å². The van der Waals surface area contributed by atoms with Gasteiger partial charge in [0.05, 0.1) is 25.3 Å². The van der Waals surface area contributed by atoms with Crippen molar-refractivity contribution in [3.8, 4) is 0 Å². The molecule has 1 aromatic carbocycles. The summed E-state index contributed by atoms with van der Waals surface area (Å²) >= 11 is 4.00. The lowest BCUT2D eigenvalue weighted by Gasteiger charge is -2.16. The van der Waals surface area contributed by atoms with Crippen molar-refractivity contribution in [2.45, 2.75) is 13.0 Å². The highest BCUT2D eigenvalue weighted by Crippen LogP contribution is 2.22. The monoisotopic (exact) mass is 324 g/mol. The summed E-state index contributed by atoms with van der Waals surface area (Å²) in [6, 6.07) is 5.84. The Labute approximate surface area is 133 Å². The molecule has 0 unspecified atom stereocenters. The number of amides is 1. The summed E-state index contributed by atoms with van der Waals surface area (Å²) in [6.07, 6.45) is 0.731. The Morgan fingerprint density at radius 3 is 3.09 bits per heavy atom. The molecule has 0 aromatic heterocycles. The zero-order valence-electron chi connectivity index (χ0n) is 12.1. The Morgan fingerprint density at radius 1 is 1.59 bits per heavy atom. The molecule has 6 nitrogen and oxygen atoms in total. The van der Waals surface area contributed by atoms with Gasteiger partial charge in [-0.3, -0.25) is 9.91 Å². The average molecular weight is 324 g/mol. The van der Waals surface area contributed by atoms with Crippen molar-refractivity contribution in [1.29, 1.82) is 0 Å². The second-order valence-electron chi connectivity index (χ2n) is 4.56. The lowest BCUT2D eigenvalue weighted by atomic mass is 10.2. The number of cyclic esters (lactones) is 1. The highest BCUT2D eigenvalue weighted by Gasteiger charge is 2.33. The Balaban J connectivity index is 2.03. The molecule has 0 N–H and O–H groups in total. The fourth-order valence-electron chi connectivity index (χ4n) is 2.03. The van der Waals surface area contributed by atoms with Gasteiger partial charge in [0.15, 0.2) is 0 Å². The van der Waals surface area contributed by atoms with Crippen LogP contribution < -0.4 is 4.90 Å². The minimum atomic E-state index is -0.502. The topological polar surface area (TPSA) is 57.5 Å². The molecule has 1 amide bonds. The second-order valence-corrected chi connectivity index (χ2v) is 4.86. The van der Waals surface area contributed by atoms with Gasteiger partial charge in [0.2, 0.25) is 0 Å². The molecule has 0 aliphatic carbocycles. The molecular weight excluding hydrogens is 307 g/mol. The van der Waals surface area contributed by atoms with Gasteiger partial charge in [0.25, 0.3) is 0 Å². The van der Waals surface area contributed by atoms with Crippen LogP contribution in [0, 0.1) is 5.82 Å². The second kappa shape index (κ2) is 7.79. The van der Waals surface area contributed by atoms with E-state index in [9.17, 15) is 9.18 Å². The van der Waals surface area contributed by atoms with E-state index in [-0.39, 0.29) is 0 Å². The van der Waals surface area contributed by atoms with E-state index in [2.05, 4.69) is 23.0 Å². The third kappa shape index (κ3) is 4.20. The van der Waals surface area contributed by atoms with Crippen LogP contribution in [0.3, 0.4) is 0 Å². The summed E-state index contributed by atoms with van der Waals surface area (Å²) in [6.45, 7) is 3.09. The van der Waals surface area contributed by atoms with E-state index in [0.717, 1.165) is 0 Å². The molecule has 8 heteroatoms. The van der Waals surface area contributed by atoms with E-state index in [1.165, 1.54) is 22.4 Å². The first-order chi connectivity index (χ1) is 10.6. The van der Waals surface area contributed by atoms with Crippen LogP contribution in [0.4, 0.5) is 14.9 Å². The van der Waals surface area contributed by atoms with E-state index in [0.29, 0.717) is 25.3 Å². The molecule has 2 rings (SSSR count). The van der Waals surface area contributed by atoms with E-state index in [4.69, 9.17) is 4.74 Å². The van der Waals surface area contributed by atoms with Crippen LogP contribution in [0.2, 0.25) is 0 Å². The lowest BCUT2D eigenvalue weighted by molar-refractivity contribution is 0.121. The van der Waals surface area contributed by atoms with Gasteiger partial charge in [0.1, 0.15) is 11.9 Å². The Morgan fingerprint density at radius 2 is 2.41 bits per heavy atom. The molecular formula is C14H17FN4O2S.